The molecule has 1 heterocycles. The average molecular weight is 467 g/mol. The molecule has 0 saturated heterocycles. The molecule has 1 aromatic carbocycles. The van der Waals surface area contributed by atoms with Gasteiger partial charge in [-0.1, -0.05) is 11.6 Å². The second-order valence-electron chi connectivity index (χ2n) is 6.89. The molecule has 0 aliphatic carbocycles. The Bertz CT molecular complexity index is 985. The number of hydrogen-bond donors (Lipinski definition) is 1. The highest BCUT2D eigenvalue weighted by Gasteiger charge is 2.29. The average Bonchev–Trinajstić information content (AvgIpc) is 3.05. The van der Waals surface area contributed by atoms with E-state index in [0.29, 0.717) is 34.3 Å². The fraction of sp³-hybridized carbons (Fsp3) is 0.409. The van der Waals surface area contributed by atoms with Crippen LogP contribution in [0.25, 0.3) is 0 Å². The lowest BCUT2D eigenvalue weighted by Crippen LogP contribution is -2.30. The van der Waals surface area contributed by atoms with Crippen molar-refractivity contribution in [2.45, 2.75) is 40.7 Å². The molecule has 1 aromatic heterocycles. The zero-order valence-corrected chi connectivity index (χ0v) is 20.1. The summed E-state index contributed by atoms with van der Waals surface area (Å²) in [5, 5.41) is 3.56. The Morgan fingerprint density at radius 3 is 2.39 bits per heavy atom. The highest BCUT2D eigenvalue weighted by atomic mass is 35.5. The van der Waals surface area contributed by atoms with Crippen molar-refractivity contribution in [2.24, 2.45) is 0 Å². The SMILES string of the molecule is CCN(CC)C(=O)c1sc(NC(=O)[C@H](C)Oc2ccc(Cl)cc2C)c(C(=O)OC)c1C. The van der Waals surface area contributed by atoms with E-state index in [1.807, 2.05) is 20.8 Å². The fourth-order valence-electron chi connectivity index (χ4n) is 3.01. The van der Waals surface area contributed by atoms with Crippen LogP contribution in [-0.2, 0) is 9.53 Å². The maximum atomic E-state index is 12.9. The first kappa shape index (κ1) is 24.7. The van der Waals surface area contributed by atoms with Crippen molar-refractivity contribution in [2.75, 3.05) is 25.5 Å². The van der Waals surface area contributed by atoms with Gasteiger partial charge in [0.25, 0.3) is 11.8 Å². The van der Waals surface area contributed by atoms with E-state index in [1.54, 1.807) is 36.9 Å². The minimum absolute atomic E-state index is 0.172. The number of nitrogens with zero attached hydrogens (tertiary/aromatic N) is 1. The molecule has 9 heteroatoms. The number of aryl methyl sites for hydroxylation is 1. The lowest BCUT2D eigenvalue weighted by molar-refractivity contribution is -0.122. The zero-order chi connectivity index (χ0) is 23.3. The maximum Gasteiger partial charge on any atom is 0.341 e. The molecule has 1 atom stereocenters. The number of rotatable bonds is 8. The van der Waals surface area contributed by atoms with Crippen LogP contribution in [0.5, 0.6) is 5.75 Å². The van der Waals surface area contributed by atoms with Gasteiger partial charge in [-0.05, 0) is 63.9 Å². The van der Waals surface area contributed by atoms with Gasteiger partial charge in [0.15, 0.2) is 6.10 Å². The summed E-state index contributed by atoms with van der Waals surface area (Å²) in [6, 6.07) is 5.11. The van der Waals surface area contributed by atoms with Crippen LogP contribution in [-0.4, -0.2) is 49.0 Å². The van der Waals surface area contributed by atoms with Crippen molar-refractivity contribution in [1.29, 1.82) is 0 Å². The number of methoxy groups -OCH3 is 1. The summed E-state index contributed by atoms with van der Waals surface area (Å²) in [6.45, 7) is 9.93. The molecule has 0 fully saturated rings. The first-order valence-corrected chi connectivity index (χ1v) is 11.1. The summed E-state index contributed by atoms with van der Waals surface area (Å²) in [6.07, 6.45) is -0.852. The minimum atomic E-state index is -0.852. The second-order valence-corrected chi connectivity index (χ2v) is 8.35. The lowest BCUT2D eigenvalue weighted by Gasteiger charge is -2.18. The van der Waals surface area contributed by atoms with Gasteiger partial charge < -0.3 is 19.7 Å². The van der Waals surface area contributed by atoms with Crippen LogP contribution in [0.4, 0.5) is 5.00 Å². The number of nitrogens with one attached hydrogen (secondary N) is 1. The fourth-order valence-corrected chi connectivity index (χ4v) is 4.40. The summed E-state index contributed by atoms with van der Waals surface area (Å²) >= 11 is 7.02. The number of carbonyl (C=O) groups excluding carboxylic acids is 3. The summed E-state index contributed by atoms with van der Waals surface area (Å²) in [5.41, 5.74) is 1.44. The number of anilines is 1. The number of hydrogen-bond acceptors (Lipinski definition) is 6. The molecule has 0 bridgehead atoms. The van der Waals surface area contributed by atoms with Gasteiger partial charge in [0.2, 0.25) is 0 Å². The minimum Gasteiger partial charge on any atom is -0.481 e. The van der Waals surface area contributed by atoms with E-state index in [9.17, 15) is 14.4 Å². The first-order chi connectivity index (χ1) is 14.6. The highest BCUT2D eigenvalue weighted by molar-refractivity contribution is 7.18. The Kier molecular flexibility index (Phi) is 8.47. The third-order valence-corrected chi connectivity index (χ3v) is 6.26. The van der Waals surface area contributed by atoms with Crippen molar-refractivity contribution in [1.82, 2.24) is 4.90 Å². The molecule has 31 heavy (non-hydrogen) atoms. The Morgan fingerprint density at radius 1 is 1.19 bits per heavy atom. The van der Waals surface area contributed by atoms with E-state index in [2.05, 4.69) is 5.32 Å². The van der Waals surface area contributed by atoms with Gasteiger partial charge in [0.05, 0.1) is 17.6 Å². The molecular weight excluding hydrogens is 440 g/mol. The Morgan fingerprint density at radius 2 is 1.84 bits per heavy atom. The lowest BCUT2D eigenvalue weighted by atomic mass is 10.1. The summed E-state index contributed by atoms with van der Waals surface area (Å²) in [7, 11) is 1.26. The van der Waals surface area contributed by atoms with Crippen LogP contribution >= 0.6 is 22.9 Å². The van der Waals surface area contributed by atoms with E-state index < -0.39 is 18.0 Å². The van der Waals surface area contributed by atoms with E-state index >= 15 is 0 Å². The van der Waals surface area contributed by atoms with Crippen LogP contribution < -0.4 is 10.1 Å². The van der Waals surface area contributed by atoms with Crippen molar-refractivity contribution >= 4 is 45.7 Å². The molecule has 2 amide bonds. The largest absolute Gasteiger partial charge is 0.481 e. The number of esters is 1. The third-order valence-electron chi connectivity index (χ3n) is 4.83. The predicted molar refractivity (Wildman–Crippen MR) is 123 cm³/mol. The second kappa shape index (κ2) is 10.6. The zero-order valence-electron chi connectivity index (χ0n) is 18.5. The molecule has 0 aliphatic rings. The van der Waals surface area contributed by atoms with E-state index in [1.165, 1.54) is 7.11 Å². The summed E-state index contributed by atoms with van der Waals surface area (Å²) in [5.74, 6) is -0.744. The molecule has 1 N–H and O–H groups in total. The van der Waals surface area contributed by atoms with Crippen molar-refractivity contribution in [3.8, 4) is 5.75 Å². The van der Waals surface area contributed by atoms with Crippen LogP contribution in [0.3, 0.4) is 0 Å². The maximum absolute atomic E-state index is 12.9. The van der Waals surface area contributed by atoms with Gasteiger partial charge in [0.1, 0.15) is 10.8 Å². The standard InChI is InChI=1S/C22H27ClN2O5S/c1-7-25(8-2)21(27)18-13(4)17(22(28)29-6)20(31-18)24-19(26)14(5)30-16-10-9-15(23)11-12(16)3/h9-11,14H,7-8H2,1-6H3,(H,24,26)/t14-/m0/s1. The normalized spacial score (nSPS) is 11.6. The topological polar surface area (TPSA) is 84.9 Å². The van der Waals surface area contributed by atoms with Crippen LogP contribution in [0.2, 0.25) is 5.02 Å². The van der Waals surface area contributed by atoms with Gasteiger partial charge >= 0.3 is 5.97 Å². The van der Waals surface area contributed by atoms with Crippen molar-refractivity contribution < 1.29 is 23.9 Å². The van der Waals surface area contributed by atoms with Gasteiger partial charge in [-0.3, -0.25) is 9.59 Å². The Labute approximate surface area is 191 Å². The molecule has 168 valence electrons. The molecule has 0 radical (unpaired) electrons. The number of amides is 2. The number of halogens is 1. The van der Waals surface area contributed by atoms with Crippen molar-refractivity contribution in [3.05, 3.63) is 44.8 Å². The van der Waals surface area contributed by atoms with E-state index in [-0.39, 0.29) is 16.5 Å². The predicted octanol–water partition coefficient (Wildman–Crippen LogP) is 4.69. The van der Waals surface area contributed by atoms with E-state index in [0.717, 1.165) is 16.9 Å². The monoisotopic (exact) mass is 466 g/mol. The van der Waals surface area contributed by atoms with Crippen LogP contribution in [0, 0.1) is 13.8 Å². The molecule has 2 rings (SSSR count). The molecule has 7 nitrogen and oxygen atoms in total. The molecule has 0 spiro atoms. The van der Waals surface area contributed by atoms with E-state index in [4.69, 9.17) is 21.1 Å². The molecule has 0 unspecified atom stereocenters. The van der Waals surface area contributed by atoms with Gasteiger partial charge in [-0.25, -0.2) is 4.79 Å². The first-order valence-electron chi connectivity index (χ1n) is 9.89. The highest BCUT2D eigenvalue weighted by Crippen LogP contribution is 2.35. The van der Waals surface area contributed by atoms with Crippen LogP contribution in [0.1, 0.15) is 51.9 Å². The number of ether oxygens (including phenoxy) is 2. The number of benzene rings is 1. The number of thiophene rings is 1. The smallest absolute Gasteiger partial charge is 0.341 e. The Balaban J connectivity index is 2.31. The van der Waals surface area contributed by atoms with Gasteiger partial charge in [-0.2, -0.15) is 0 Å². The molecule has 0 aliphatic heterocycles. The summed E-state index contributed by atoms with van der Waals surface area (Å²) < 4.78 is 10.6. The molecular formula is C22H27ClN2O5S. The van der Waals surface area contributed by atoms with Gasteiger partial charge in [-0.15, -0.1) is 11.3 Å². The number of carbonyl (C=O) groups is 3. The van der Waals surface area contributed by atoms with Crippen molar-refractivity contribution in [3.63, 3.8) is 0 Å². The third kappa shape index (κ3) is 5.57. The Hall–Kier alpha value is -2.58. The summed E-state index contributed by atoms with van der Waals surface area (Å²) in [4.78, 5) is 40.1. The quantitative estimate of drug-likeness (QED) is 0.570. The molecule has 2 aromatic rings. The van der Waals surface area contributed by atoms with Gasteiger partial charge in [0, 0.05) is 18.1 Å². The van der Waals surface area contributed by atoms with Crippen LogP contribution in [0.15, 0.2) is 18.2 Å². The molecule has 0 saturated carbocycles.